The van der Waals surface area contributed by atoms with Crippen LogP contribution in [0.1, 0.15) is 39.3 Å². The summed E-state index contributed by atoms with van der Waals surface area (Å²) >= 11 is 0. The van der Waals surface area contributed by atoms with Gasteiger partial charge in [0.15, 0.2) is 0 Å². The van der Waals surface area contributed by atoms with Crippen LogP contribution in [0.25, 0.3) is 0 Å². The zero-order chi connectivity index (χ0) is 16.9. The van der Waals surface area contributed by atoms with Gasteiger partial charge in [0.2, 0.25) is 5.88 Å². The van der Waals surface area contributed by atoms with E-state index in [1.807, 2.05) is 20.8 Å². The third-order valence-corrected chi connectivity index (χ3v) is 3.66. The van der Waals surface area contributed by atoms with Crippen LogP contribution in [-0.4, -0.2) is 52.8 Å². The number of carbonyl (C=O) groups is 1. The van der Waals surface area contributed by atoms with E-state index in [4.69, 9.17) is 9.47 Å². The van der Waals surface area contributed by atoms with E-state index < -0.39 is 5.60 Å². The predicted molar refractivity (Wildman–Crippen MR) is 86.3 cm³/mol. The van der Waals surface area contributed by atoms with Gasteiger partial charge in [-0.15, -0.1) is 0 Å². The molecule has 2 heterocycles. The summed E-state index contributed by atoms with van der Waals surface area (Å²) in [4.78, 5) is 22.6. The zero-order valence-corrected chi connectivity index (χ0v) is 14.3. The molecule has 0 aliphatic carbocycles. The SMILES string of the molecule is COc1nccnc1CN1CCC[C@@H]1CNC(=O)OC(C)(C)C. The Balaban J connectivity index is 1.89. The first-order chi connectivity index (χ1) is 10.9. The normalized spacial score (nSPS) is 18.7. The molecule has 1 fully saturated rings. The lowest BCUT2D eigenvalue weighted by Crippen LogP contribution is -2.41. The predicted octanol–water partition coefficient (Wildman–Crippen LogP) is 1.97. The van der Waals surface area contributed by atoms with Crippen molar-refractivity contribution in [1.82, 2.24) is 20.2 Å². The molecule has 1 aliphatic heterocycles. The third-order valence-electron chi connectivity index (χ3n) is 3.66. The minimum atomic E-state index is -0.480. The molecule has 1 N–H and O–H groups in total. The van der Waals surface area contributed by atoms with Gasteiger partial charge in [-0.1, -0.05) is 0 Å². The van der Waals surface area contributed by atoms with Crippen molar-refractivity contribution in [2.24, 2.45) is 0 Å². The summed E-state index contributed by atoms with van der Waals surface area (Å²) in [5, 5.41) is 2.86. The minimum absolute atomic E-state index is 0.272. The quantitative estimate of drug-likeness (QED) is 0.893. The van der Waals surface area contributed by atoms with E-state index in [0.29, 0.717) is 19.0 Å². The molecule has 0 saturated carbocycles. The maximum atomic E-state index is 11.8. The fraction of sp³-hybridized carbons (Fsp3) is 0.688. The van der Waals surface area contributed by atoms with Crippen LogP contribution in [0.5, 0.6) is 5.88 Å². The van der Waals surface area contributed by atoms with E-state index >= 15 is 0 Å². The fourth-order valence-corrected chi connectivity index (χ4v) is 2.68. The molecular weight excluding hydrogens is 296 g/mol. The van der Waals surface area contributed by atoms with Gasteiger partial charge in [0.1, 0.15) is 11.3 Å². The topological polar surface area (TPSA) is 76.6 Å². The van der Waals surface area contributed by atoms with Gasteiger partial charge in [-0.25, -0.2) is 9.78 Å². The Morgan fingerprint density at radius 2 is 2.13 bits per heavy atom. The molecule has 7 heteroatoms. The van der Waals surface area contributed by atoms with Crippen LogP contribution in [0, 0.1) is 0 Å². The van der Waals surface area contributed by atoms with Crippen molar-refractivity contribution in [3.05, 3.63) is 18.1 Å². The number of likely N-dealkylation sites (tertiary alicyclic amines) is 1. The molecule has 0 unspecified atom stereocenters. The molecule has 1 amide bonds. The largest absolute Gasteiger partial charge is 0.480 e. The van der Waals surface area contributed by atoms with Crippen molar-refractivity contribution in [2.45, 2.75) is 51.8 Å². The fourth-order valence-electron chi connectivity index (χ4n) is 2.68. The van der Waals surface area contributed by atoms with Gasteiger partial charge in [0, 0.05) is 31.5 Å². The summed E-state index contributed by atoms with van der Waals surface area (Å²) < 4.78 is 10.5. The molecule has 23 heavy (non-hydrogen) atoms. The molecule has 128 valence electrons. The lowest BCUT2D eigenvalue weighted by atomic mass is 10.2. The number of hydrogen-bond donors (Lipinski definition) is 1. The molecule has 1 saturated heterocycles. The highest BCUT2D eigenvalue weighted by atomic mass is 16.6. The molecule has 0 spiro atoms. The number of ether oxygens (including phenoxy) is 2. The first kappa shape index (κ1) is 17.5. The van der Waals surface area contributed by atoms with Crippen LogP contribution >= 0.6 is 0 Å². The van der Waals surface area contributed by atoms with Gasteiger partial charge in [0.05, 0.1) is 7.11 Å². The third kappa shape index (κ3) is 5.35. The molecule has 0 aromatic carbocycles. The Morgan fingerprint density at radius 1 is 1.39 bits per heavy atom. The average Bonchev–Trinajstić information content (AvgIpc) is 2.91. The summed E-state index contributed by atoms with van der Waals surface area (Å²) in [5.41, 5.74) is 0.339. The van der Waals surface area contributed by atoms with E-state index in [1.54, 1.807) is 19.5 Å². The van der Waals surface area contributed by atoms with Crippen LogP contribution in [-0.2, 0) is 11.3 Å². The Labute approximate surface area is 137 Å². The van der Waals surface area contributed by atoms with E-state index in [9.17, 15) is 4.79 Å². The number of nitrogens with zero attached hydrogens (tertiary/aromatic N) is 3. The smallest absolute Gasteiger partial charge is 0.407 e. The van der Waals surface area contributed by atoms with Gasteiger partial charge in [0.25, 0.3) is 0 Å². The maximum absolute atomic E-state index is 11.8. The molecular formula is C16H26N4O3. The zero-order valence-electron chi connectivity index (χ0n) is 14.3. The Kier molecular flexibility index (Phi) is 5.76. The van der Waals surface area contributed by atoms with Gasteiger partial charge in [-0.2, -0.15) is 0 Å². The Morgan fingerprint density at radius 3 is 2.83 bits per heavy atom. The standard InChI is InChI=1S/C16H26N4O3/c1-16(2,3)23-15(21)19-10-12-6-5-9-20(12)11-13-14(22-4)18-8-7-17-13/h7-8,12H,5-6,9-11H2,1-4H3,(H,19,21)/t12-/m1/s1. The summed E-state index contributed by atoms with van der Waals surface area (Å²) in [7, 11) is 1.60. The highest BCUT2D eigenvalue weighted by molar-refractivity contribution is 5.67. The van der Waals surface area contributed by atoms with Crippen molar-refractivity contribution in [3.63, 3.8) is 0 Å². The molecule has 0 bridgehead atoms. The van der Waals surface area contributed by atoms with Gasteiger partial charge >= 0.3 is 6.09 Å². The van der Waals surface area contributed by atoms with Crippen LogP contribution in [0.15, 0.2) is 12.4 Å². The molecule has 1 aromatic rings. The number of alkyl carbamates (subject to hydrolysis) is 1. The van der Waals surface area contributed by atoms with Crippen molar-refractivity contribution in [3.8, 4) is 5.88 Å². The van der Waals surface area contributed by atoms with E-state index in [0.717, 1.165) is 25.1 Å². The highest BCUT2D eigenvalue weighted by Crippen LogP contribution is 2.22. The Bertz CT molecular complexity index is 530. The molecule has 0 radical (unpaired) electrons. The van der Waals surface area contributed by atoms with Crippen LogP contribution < -0.4 is 10.1 Å². The molecule has 1 atom stereocenters. The Hall–Kier alpha value is -1.89. The summed E-state index contributed by atoms with van der Waals surface area (Å²) in [6.07, 6.45) is 5.05. The molecule has 1 aromatic heterocycles. The first-order valence-corrected chi connectivity index (χ1v) is 7.94. The average molecular weight is 322 g/mol. The van der Waals surface area contributed by atoms with Crippen molar-refractivity contribution in [1.29, 1.82) is 0 Å². The number of carbonyl (C=O) groups excluding carboxylic acids is 1. The van der Waals surface area contributed by atoms with Gasteiger partial charge in [-0.3, -0.25) is 9.88 Å². The summed E-state index contributed by atoms with van der Waals surface area (Å²) in [6.45, 7) is 7.77. The summed E-state index contributed by atoms with van der Waals surface area (Å²) in [5.74, 6) is 0.554. The van der Waals surface area contributed by atoms with Gasteiger partial charge < -0.3 is 14.8 Å². The minimum Gasteiger partial charge on any atom is -0.480 e. The van der Waals surface area contributed by atoms with Gasteiger partial charge in [-0.05, 0) is 40.2 Å². The second-order valence-electron chi connectivity index (χ2n) is 6.66. The first-order valence-electron chi connectivity index (χ1n) is 7.94. The number of amides is 1. The lowest BCUT2D eigenvalue weighted by molar-refractivity contribution is 0.0512. The van der Waals surface area contributed by atoms with Crippen molar-refractivity contribution < 1.29 is 14.3 Å². The molecule has 1 aliphatic rings. The second-order valence-corrected chi connectivity index (χ2v) is 6.66. The number of aromatic nitrogens is 2. The van der Waals surface area contributed by atoms with Crippen molar-refractivity contribution in [2.75, 3.05) is 20.2 Å². The maximum Gasteiger partial charge on any atom is 0.407 e. The highest BCUT2D eigenvalue weighted by Gasteiger charge is 2.27. The number of hydrogen-bond acceptors (Lipinski definition) is 6. The van der Waals surface area contributed by atoms with E-state index in [-0.39, 0.29) is 12.1 Å². The number of rotatable bonds is 5. The lowest BCUT2D eigenvalue weighted by Gasteiger charge is -2.25. The van der Waals surface area contributed by atoms with Crippen LogP contribution in [0.2, 0.25) is 0 Å². The van der Waals surface area contributed by atoms with Crippen LogP contribution in [0.4, 0.5) is 4.79 Å². The number of methoxy groups -OCH3 is 1. The molecule has 2 rings (SSSR count). The summed E-state index contributed by atoms with van der Waals surface area (Å²) in [6, 6.07) is 0.272. The second kappa shape index (κ2) is 7.59. The molecule has 7 nitrogen and oxygen atoms in total. The number of nitrogens with one attached hydrogen (secondary N) is 1. The van der Waals surface area contributed by atoms with Crippen molar-refractivity contribution >= 4 is 6.09 Å². The monoisotopic (exact) mass is 322 g/mol. The van der Waals surface area contributed by atoms with E-state index in [2.05, 4.69) is 20.2 Å². The van der Waals surface area contributed by atoms with Crippen LogP contribution in [0.3, 0.4) is 0 Å². The van der Waals surface area contributed by atoms with E-state index in [1.165, 1.54) is 0 Å².